The van der Waals surface area contributed by atoms with Crippen LogP contribution in [0.25, 0.3) is 0 Å². The average molecular weight is 1280 g/mol. The Morgan fingerprint density at radius 3 is 0.782 bits per heavy atom. The van der Waals surface area contributed by atoms with Gasteiger partial charge in [-0.1, -0.05) is 298 Å². The Labute approximate surface area is 530 Å². The Morgan fingerprint density at radius 2 is 0.529 bits per heavy atom. The number of carbonyl (C=O) groups excluding carboxylic acids is 4. The highest BCUT2D eigenvalue weighted by Crippen LogP contribution is 2.45. The molecule has 0 aliphatic rings. The van der Waals surface area contributed by atoms with Crippen molar-refractivity contribution in [2.45, 2.75) is 368 Å². The molecule has 0 aliphatic heterocycles. The van der Waals surface area contributed by atoms with Crippen molar-refractivity contribution in [2.24, 2.45) is 5.92 Å². The van der Waals surface area contributed by atoms with Crippen molar-refractivity contribution in [3.05, 3.63) is 0 Å². The summed E-state index contributed by atoms with van der Waals surface area (Å²) in [7, 11) is -9.89. The largest absolute Gasteiger partial charge is 0.472 e. The molecule has 87 heavy (non-hydrogen) atoms. The predicted octanol–water partition coefficient (Wildman–Crippen LogP) is 19.4. The van der Waals surface area contributed by atoms with Gasteiger partial charge in [-0.25, -0.2) is 9.13 Å². The van der Waals surface area contributed by atoms with Gasteiger partial charge in [-0.15, -0.1) is 0 Å². The van der Waals surface area contributed by atoms with Crippen LogP contribution in [0.3, 0.4) is 0 Å². The minimum absolute atomic E-state index is 0.105. The lowest BCUT2D eigenvalue weighted by Crippen LogP contribution is -2.30. The zero-order chi connectivity index (χ0) is 64.2. The molecule has 0 aliphatic carbocycles. The molecule has 0 saturated heterocycles. The van der Waals surface area contributed by atoms with Gasteiger partial charge < -0.3 is 33.8 Å². The number of ether oxygens (including phenoxy) is 4. The summed E-state index contributed by atoms with van der Waals surface area (Å²) in [5.41, 5.74) is 0. The molecule has 0 heterocycles. The molecule has 0 radical (unpaired) electrons. The summed E-state index contributed by atoms with van der Waals surface area (Å²) in [6.07, 6.45) is 47.2. The van der Waals surface area contributed by atoms with E-state index in [1.54, 1.807) is 0 Å². The third kappa shape index (κ3) is 62.6. The van der Waals surface area contributed by atoms with Crippen molar-refractivity contribution in [3.8, 4) is 0 Å². The second-order valence-electron chi connectivity index (χ2n) is 25.0. The molecule has 0 bridgehead atoms. The first-order valence-electron chi connectivity index (χ1n) is 35.6. The summed E-state index contributed by atoms with van der Waals surface area (Å²) < 4.78 is 68.1. The monoisotopic (exact) mass is 1280 g/mol. The molecule has 2 unspecified atom stereocenters. The first-order valence-corrected chi connectivity index (χ1v) is 38.6. The van der Waals surface area contributed by atoms with Crippen molar-refractivity contribution in [1.29, 1.82) is 0 Å². The summed E-state index contributed by atoms with van der Waals surface area (Å²) in [6.45, 7) is 7.17. The van der Waals surface area contributed by atoms with Crippen LogP contribution in [0.1, 0.15) is 349 Å². The van der Waals surface area contributed by atoms with E-state index in [2.05, 4.69) is 34.6 Å². The second kappa shape index (κ2) is 61.6. The maximum atomic E-state index is 13.0. The van der Waals surface area contributed by atoms with E-state index < -0.39 is 97.5 Å². The molecule has 0 aromatic heterocycles. The summed E-state index contributed by atoms with van der Waals surface area (Å²) in [5, 5.41) is 10.6. The fourth-order valence-electron chi connectivity index (χ4n) is 10.3. The number of carbonyl (C=O) groups is 4. The Kier molecular flexibility index (Phi) is 60.2. The molecular weight excluding hydrogens is 1150 g/mol. The number of hydrogen-bond acceptors (Lipinski definition) is 15. The average Bonchev–Trinajstić information content (AvgIpc) is 3.66. The number of phosphoric ester groups is 2. The van der Waals surface area contributed by atoms with E-state index in [-0.39, 0.29) is 25.7 Å². The number of rotatable bonds is 68. The number of unbranched alkanes of at least 4 members (excludes halogenated alkanes) is 40. The number of hydrogen-bond donors (Lipinski definition) is 3. The highest BCUT2D eigenvalue weighted by Gasteiger charge is 2.30. The molecule has 0 rings (SSSR count). The SMILES string of the molecule is CCCCCCCCCCCCCCCCCC(=O)O[C@H](COC(=O)CCCCCCCCCCCCCCC)COP(=O)(O)OC[C@@H](O)COP(=O)(O)OC[C@@H](COC(=O)CCCCCCCCC)OC(=O)CCCCCCCCCCCC(C)C. The molecule has 3 N–H and O–H groups in total. The Bertz CT molecular complexity index is 1690. The van der Waals surface area contributed by atoms with Gasteiger partial charge in [-0.2, -0.15) is 0 Å². The highest BCUT2D eigenvalue weighted by molar-refractivity contribution is 7.47. The van der Waals surface area contributed by atoms with Gasteiger partial charge in [0.15, 0.2) is 12.2 Å². The van der Waals surface area contributed by atoms with Crippen LogP contribution >= 0.6 is 15.6 Å². The van der Waals surface area contributed by atoms with Crippen molar-refractivity contribution >= 4 is 39.5 Å². The molecule has 19 heteroatoms. The molecule has 0 saturated carbocycles. The third-order valence-corrected chi connectivity index (χ3v) is 17.7. The lowest BCUT2D eigenvalue weighted by atomic mass is 10.0. The topological polar surface area (TPSA) is 237 Å². The smallest absolute Gasteiger partial charge is 0.462 e. The van der Waals surface area contributed by atoms with E-state index >= 15 is 0 Å². The van der Waals surface area contributed by atoms with Gasteiger partial charge >= 0.3 is 39.5 Å². The maximum absolute atomic E-state index is 13.0. The van der Waals surface area contributed by atoms with E-state index in [0.717, 1.165) is 109 Å². The standard InChI is InChI=1S/C68H132O17P2/c1-6-9-12-15-18-20-22-24-25-27-29-33-38-43-48-53-67(72)85-64(58-79-66(71)52-47-42-37-32-28-26-23-21-19-16-13-10-7-2)60-83-87(76,77)81-56-62(69)55-80-86(74,75)82-59-63(57-78-65(70)51-46-41-35-17-14-11-8-3)84-68(73)54-49-44-39-34-30-31-36-40-45-50-61(4)5/h61-64,69H,6-60H2,1-5H3,(H,74,75)(H,76,77)/t62-,63+,64+/m0/s1. The minimum atomic E-state index is -4.95. The highest BCUT2D eigenvalue weighted by atomic mass is 31.2. The number of esters is 4. The molecule has 0 spiro atoms. The van der Waals surface area contributed by atoms with Gasteiger partial charge in [-0.05, 0) is 31.6 Å². The van der Waals surface area contributed by atoms with Crippen LogP contribution < -0.4 is 0 Å². The normalized spacial score (nSPS) is 14.1. The van der Waals surface area contributed by atoms with Gasteiger partial charge in [0.1, 0.15) is 19.3 Å². The fourth-order valence-corrected chi connectivity index (χ4v) is 11.9. The van der Waals surface area contributed by atoms with Crippen LogP contribution in [0.4, 0.5) is 0 Å². The predicted molar refractivity (Wildman–Crippen MR) is 349 cm³/mol. The van der Waals surface area contributed by atoms with Crippen LogP contribution in [0.15, 0.2) is 0 Å². The lowest BCUT2D eigenvalue weighted by molar-refractivity contribution is -0.161. The van der Waals surface area contributed by atoms with Crippen LogP contribution in [-0.4, -0.2) is 96.7 Å². The summed E-state index contributed by atoms with van der Waals surface area (Å²) in [6, 6.07) is 0. The number of aliphatic hydroxyl groups excluding tert-OH is 1. The molecule has 516 valence electrons. The van der Waals surface area contributed by atoms with Crippen molar-refractivity contribution in [2.75, 3.05) is 39.6 Å². The first kappa shape index (κ1) is 85.1. The molecule has 0 amide bonds. The molecule has 0 fully saturated rings. The minimum Gasteiger partial charge on any atom is -0.462 e. The Morgan fingerprint density at radius 1 is 0.310 bits per heavy atom. The summed E-state index contributed by atoms with van der Waals surface area (Å²) in [4.78, 5) is 72.3. The molecular formula is C68H132O17P2. The van der Waals surface area contributed by atoms with Crippen molar-refractivity contribution in [3.63, 3.8) is 0 Å². The van der Waals surface area contributed by atoms with Crippen LogP contribution in [0.2, 0.25) is 0 Å². The molecule has 0 aromatic carbocycles. The second-order valence-corrected chi connectivity index (χ2v) is 27.9. The van der Waals surface area contributed by atoms with Gasteiger partial charge in [0.2, 0.25) is 0 Å². The first-order chi connectivity index (χ1) is 42.0. The summed E-state index contributed by atoms with van der Waals surface area (Å²) >= 11 is 0. The Hall–Kier alpha value is -1.94. The summed E-state index contributed by atoms with van der Waals surface area (Å²) in [5.74, 6) is -1.39. The third-order valence-electron chi connectivity index (χ3n) is 15.8. The van der Waals surface area contributed by atoms with Crippen LogP contribution in [0.5, 0.6) is 0 Å². The van der Waals surface area contributed by atoms with Gasteiger partial charge in [0, 0.05) is 25.7 Å². The van der Waals surface area contributed by atoms with E-state index in [1.165, 1.54) is 161 Å². The molecule has 17 nitrogen and oxygen atoms in total. The quantitative estimate of drug-likeness (QED) is 0.0222. The van der Waals surface area contributed by atoms with E-state index in [0.29, 0.717) is 25.7 Å². The fraction of sp³-hybridized carbons (Fsp3) is 0.941. The van der Waals surface area contributed by atoms with Crippen molar-refractivity contribution in [1.82, 2.24) is 0 Å². The van der Waals surface area contributed by atoms with Crippen LogP contribution in [-0.2, 0) is 65.4 Å². The van der Waals surface area contributed by atoms with Gasteiger partial charge in [0.25, 0.3) is 0 Å². The van der Waals surface area contributed by atoms with Gasteiger partial charge in [-0.3, -0.25) is 37.3 Å². The zero-order valence-electron chi connectivity index (χ0n) is 56.2. The van der Waals surface area contributed by atoms with Gasteiger partial charge in [0.05, 0.1) is 26.4 Å². The van der Waals surface area contributed by atoms with Crippen molar-refractivity contribution < 1.29 is 80.2 Å². The maximum Gasteiger partial charge on any atom is 0.472 e. The number of aliphatic hydroxyl groups is 1. The van der Waals surface area contributed by atoms with E-state index in [1.807, 2.05) is 0 Å². The van der Waals surface area contributed by atoms with Crippen LogP contribution in [0, 0.1) is 5.92 Å². The number of phosphoric acid groups is 2. The lowest BCUT2D eigenvalue weighted by Gasteiger charge is -2.21. The Balaban J connectivity index is 5.21. The van der Waals surface area contributed by atoms with E-state index in [4.69, 9.17) is 37.0 Å². The zero-order valence-corrected chi connectivity index (χ0v) is 57.9. The molecule has 0 aromatic rings. The van der Waals surface area contributed by atoms with E-state index in [9.17, 15) is 43.2 Å². The molecule has 5 atom stereocenters.